The number of halogens is 2. The second-order valence-corrected chi connectivity index (χ2v) is 5.98. The molecule has 0 aliphatic rings. The number of hydrogen-bond acceptors (Lipinski definition) is 2. The highest BCUT2D eigenvalue weighted by atomic mass is 35.5. The summed E-state index contributed by atoms with van der Waals surface area (Å²) in [6.07, 6.45) is 0.389. The molecule has 0 aliphatic carbocycles. The molecular weight excluding hydrogens is 319 g/mol. The fourth-order valence-corrected chi connectivity index (χ4v) is 2.57. The lowest BCUT2D eigenvalue weighted by Gasteiger charge is -2.12. The summed E-state index contributed by atoms with van der Waals surface area (Å²) < 4.78 is 4.99. The summed E-state index contributed by atoms with van der Waals surface area (Å²) in [7, 11) is 0. The van der Waals surface area contributed by atoms with Crippen molar-refractivity contribution in [2.75, 3.05) is 6.61 Å². The van der Waals surface area contributed by atoms with E-state index in [9.17, 15) is 4.79 Å². The Hall–Kier alpha value is -1.51. The number of benzene rings is 2. The van der Waals surface area contributed by atoms with Crippen molar-refractivity contribution in [1.29, 1.82) is 0 Å². The number of carbonyl (C=O) groups excluding carboxylic acids is 1. The number of rotatable bonds is 5. The van der Waals surface area contributed by atoms with E-state index in [1.54, 1.807) is 6.07 Å². The summed E-state index contributed by atoms with van der Waals surface area (Å²) >= 11 is 12.0. The van der Waals surface area contributed by atoms with Crippen LogP contribution in [0.5, 0.6) is 0 Å². The van der Waals surface area contributed by atoms with E-state index in [4.69, 9.17) is 27.9 Å². The van der Waals surface area contributed by atoms with Gasteiger partial charge in [-0.1, -0.05) is 60.5 Å². The predicted octanol–water partition coefficient (Wildman–Crippen LogP) is 5.72. The van der Waals surface area contributed by atoms with Gasteiger partial charge >= 0.3 is 5.97 Å². The Balaban J connectivity index is 2.12. The predicted molar refractivity (Wildman–Crippen MR) is 91.6 cm³/mol. The molecule has 0 saturated heterocycles. The first-order valence-corrected chi connectivity index (χ1v) is 7.98. The van der Waals surface area contributed by atoms with Crippen molar-refractivity contribution in [1.82, 2.24) is 0 Å². The van der Waals surface area contributed by atoms with Gasteiger partial charge in [-0.3, -0.25) is 4.79 Å². The first-order valence-electron chi connectivity index (χ1n) is 7.22. The lowest BCUT2D eigenvalue weighted by atomic mass is 9.95. The van der Waals surface area contributed by atoms with Crippen LogP contribution in [0.4, 0.5) is 0 Å². The Morgan fingerprint density at radius 3 is 2.27 bits per heavy atom. The molecule has 0 spiro atoms. The van der Waals surface area contributed by atoms with Gasteiger partial charge in [0.1, 0.15) is 0 Å². The van der Waals surface area contributed by atoms with Crippen LogP contribution in [-0.2, 0) is 9.53 Å². The SMILES string of the molecule is CCOC(=O)CC(C)c1ccc(-c2ccc(Cl)c(Cl)c2)cc1. The Bertz CT molecular complexity index is 651. The van der Waals surface area contributed by atoms with Crippen LogP contribution in [0, 0.1) is 0 Å². The molecule has 0 fully saturated rings. The molecule has 0 heterocycles. The van der Waals surface area contributed by atoms with Gasteiger partial charge < -0.3 is 4.74 Å². The first-order chi connectivity index (χ1) is 10.5. The molecular formula is C18H18Cl2O2. The minimum absolute atomic E-state index is 0.127. The quantitative estimate of drug-likeness (QED) is 0.653. The third kappa shape index (κ3) is 4.25. The van der Waals surface area contributed by atoms with E-state index in [1.165, 1.54) is 0 Å². The summed E-state index contributed by atoms with van der Waals surface area (Å²) in [4.78, 5) is 11.5. The minimum atomic E-state index is -0.163. The highest BCUT2D eigenvalue weighted by molar-refractivity contribution is 6.42. The molecule has 1 unspecified atom stereocenters. The molecule has 0 bridgehead atoms. The highest BCUT2D eigenvalue weighted by Gasteiger charge is 2.12. The number of hydrogen-bond donors (Lipinski definition) is 0. The van der Waals surface area contributed by atoms with Gasteiger partial charge in [0.05, 0.1) is 23.1 Å². The molecule has 0 aliphatic heterocycles. The Morgan fingerprint density at radius 1 is 1.05 bits per heavy atom. The van der Waals surface area contributed by atoms with Crippen LogP contribution in [0.25, 0.3) is 11.1 Å². The third-order valence-corrected chi connectivity index (χ3v) is 4.25. The molecule has 2 aromatic rings. The summed E-state index contributed by atoms with van der Waals surface area (Å²) in [5.41, 5.74) is 3.18. The zero-order valence-electron chi connectivity index (χ0n) is 12.6. The van der Waals surface area contributed by atoms with Crippen LogP contribution in [0.15, 0.2) is 42.5 Å². The van der Waals surface area contributed by atoms with E-state index >= 15 is 0 Å². The fraction of sp³-hybridized carbons (Fsp3) is 0.278. The number of esters is 1. The molecule has 116 valence electrons. The molecule has 22 heavy (non-hydrogen) atoms. The average molecular weight is 337 g/mol. The normalized spacial score (nSPS) is 12.0. The maximum Gasteiger partial charge on any atom is 0.306 e. The van der Waals surface area contributed by atoms with E-state index < -0.39 is 0 Å². The van der Waals surface area contributed by atoms with Gasteiger partial charge in [-0.05, 0) is 41.7 Å². The second-order valence-electron chi connectivity index (χ2n) is 5.16. The molecule has 0 radical (unpaired) electrons. The molecule has 1 atom stereocenters. The van der Waals surface area contributed by atoms with Gasteiger partial charge in [-0.15, -0.1) is 0 Å². The van der Waals surface area contributed by atoms with Crippen molar-refractivity contribution in [3.05, 3.63) is 58.1 Å². The molecule has 0 saturated carbocycles. The zero-order chi connectivity index (χ0) is 16.1. The Kier molecular flexibility index (Phi) is 5.87. The smallest absolute Gasteiger partial charge is 0.306 e. The molecule has 2 aromatic carbocycles. The third-order valence-electron chi connectivity index (χ3n) is 3.51. The van der Waals surface area contributed by atoms with Gasteiger partial charge in [0.15, 0.2) is 0 Å². The van der Waals surface area contributed by atoms with Crippen LogP contribution < -0.4 is 0 Å². The van der Waals surface area contributed by atoms with E-state index in [0.717, 1.165) is 16.7 Å². The van der Waals surface area contributed by atoms with E-state index in [2.05, 4.69) is 0 Å². The van der Waals surface area contributed by atoms with Crippen LogP contribution in [0.2, 0.25) is 10.0 Å². The average Bonchev–Trinajstić information content (AvgIpc) is 2.50. The van der Waals surface area contributed by atoms with Gasteiger partial charge in [-0.2, -0.15) is 0 Å². The maximum absolute atomic E-state index is 11.5. The summed E-state index contributed by atoms with van der Waals surface area (Å²) in [5.74, 6) is -0.0366. The van der Waals surface area contributed by atoms with Gasteiger partial charge in [0.25, 0.3) is 0 Å². The fourth-order valence-electron chi connectivity index (χ4n) is 2.27. The maximum atomic E-state index is 11.5. The second kappa shape index (κ2) is 7.66. The summed E-state index contributed by atoms with van der Waals surface area (Å²) in [6.45, 7) is 4.25. The lowest BCUT2D eigenvalue weighted by Crippen LogP contribution is -2.08. The molecule has 2 nitrogen and oxygen atoms in total. The number of ether oxygens (including phenoxy) is 1. The van der Waals surface area contributed by atoms with Crippen molar-refractivity contribution in [3.8, 4) is 11.1 Å². The molecule has 0 N–H and O–H groups in total. The van der Waals surface area contributed by atoms with Crippen molar-refractivity contribution in [3.63, 3.8) is 0 Å². The molecule has 2 rings (SSSR count). The monoisotopic (exact) mass is 336 g/mol. The van der Waals surface area contributed by atoms with Crippen LogP contribution in [0.3, 0.4) is 0 Å². The van der Waals surface area contributed by atoms with Gasteiger partial charge in [-0.25, -0.2) is 0 Å². The van der Waals surface area contributed by atoms with E-state index in [1.807, 2.05) is 50.2 Å². The number of carbonyl (C=O) groups is 1. The molecule has 0 amide bonds. The van der Waals surface area contributed by atoms with Crippen molar-refractivity contribution < 1.29 is 9.53 Å². The van der Waals surface area contributed by atoms with Crippen molar-refractivity contribution >= 4 is 29.2 Å². The Labute approximate surface area is 141 Å². The van der Waals surface area contributed by atoms with E-state index in [-0.39, 0.29) is 11.9 Å². The molecule has 0 aromatic heterocycles. The Morgan fingerprint density at radius 2 is 1.68 bits per heavy atom. The first kappa shape index (κ1) is 16.9. The standard InChI is InChI=1S/C18H18Cl2O2/c1-3-22-18(21)10-12(2)13-4-6-14(7-5-13)15-8-9-16(19)17(20)11-15/h4-9,11-12H,3,10H2,1-2H3. The van der Waals surface area contributed by atoms with Gasteiger partial charge in [0, 0.05) is 0 Å². The van der Waals surface area contributed by atoms with Crippen LogP contribution in [0.1, 0.15) is 31.7 Å². The van der Waals surface area contributed by atoms with Crippen LogP contribution in [-0.4, -0.2) is 12.6 Å². The largest absolute Gasteiger partial charge is 0.466 e. The summed E-state index contributed by atoms with van der Waals surface area (Å²) in [6, 6.07) is 13.7. The van der Waals surface area contributed by atoms with Crippen LogP contribution >= 0.6 is 23.2 Å². The zero-order valence-corrected chi connectivity index (χ0v) is 14.1. The topological polar surface area (TPSA) is 26.3 Å². The summed E-state index contributed by atoms with van der Waals surface area (Å²) in [5, 5.41) is 1.09. The van der Waals surface area contributed by atoms with Gasteiger partial charge in [0.2, 0.25) is 0 Å². The van der Waals surface area contributed by atoms with Crippen molar-refractivity contribution in [2.24, 2.45) is 0 Å². The highest BCUT2D eigenvalue weighted by Crippen LogP contribution is 2.29. The lowest BCUT2D eigenvalue weighted by molar-refractivity contribution is -0.143. The minimum Gasteiger partial charge on any atom is -0.466 e. The van der Waals surface area contributed by atoms with Crippen molar-refractivity contribution in [2.45, 2.75) is 26.2 Å². The van der Waals surface area contributed by atoms with E-state index in [0.29, 0.717) is 23.1 Å². The molecule has 4 heteroatoms.